The third-order valence-corrected chi connectivity index (χ3v) is 4.57. The van der Waals surface area contributed by atoms with Gasteiger partial charge in [-0.1, -0.05) is 37.5 Å². The van der Waals surface area contributed by atoms with Gasteiger partial charge in [-0.25, -0.2) is 4.98 Å². The zero-order valence-electron chi connectivity index (χ0n) is 14.2. The predicted molar refractivity (Wildman–Crippen MR) is 90.8 cm³/mol. The molecule has 1 aromatic heterocycles. The summed E-state index contributed by atoms with van der Waals surface area (Å²) in [5.41, 5.74) is 2.42. The fourth-order valence-corrected chi connectivity index (χ4v) is 2.97. The first-order valence-electron chi connectivity index (χ1n) is 7.89. The number of pyridine rings is 1. The number of oxime groups is 1. The van der Waals surface area contributed by atoms with Gasteiger partial charge in [0.15, 0.2) is 10.9 Å². The van der Waals surface area contributed by atoms with Crippen molar-refractivity contribution in [3.8, 4) is 5.75 Å². The summed E-state index contributed by atoms with van der Waals surface area (Å²) in [5, 5.41) is 13.1. The van der Waals surface area contributed by atoms with E-state index < -0.39 is 0 Å². The number of nitrogens with zero attached hydrogens (tertiary/aromatic N) is 2. The highest BCUT2D eigenvalue weighted by atomic mass is 35.5. The van der Waals surface area contributed by atoms with E-state index in [4.69, 9.17) is 21.1 Å². The first-order chi connectivity index (χ1) is 10.9. The minimum Gasteiger partial charge on any atom is -0.490 e. The molecule has 23 heavy (non-hydrogen) atoms. The highest BCUT2D eigenvalue weighted by molar-refractivity contribution is 6.31. The smallest absolute Gasteiger partial charge is 0.171 e. The van der Waals surface area contributed by atoms with E-state index in [1.165, 1.54) is 0 Å². The molecular formula is C17H25ClN2O3. The quantitative estimate of drug-likeness (QED) is 0.381. The van der Waals surface area contributed by atoms with E-state index >= 15 is 0 Å². The van der Waals surface area contributed by atoms with E-state index in [9.17, 15) is 5.21 Å². The molecule has 6 heteroatoms. The average Bonchev–Trinajstić information content (AvgIpc) is 2.50. The Morgan fingerprint density at radius 1 is 1.35 bits per heavy atom. The summed E-state index contributed by atoms with van der Waals surface area (Å²) in [7, 11) is 1.66. The molecule has 128 valence electrons. The van der Waals surface area contributed by atoms with Gasteiger partial charge in [0.2, 0.25) is 0 Å². The number of hydrogen-bond acceptors (Lipinski definition) is 5. The molecule has 0 saturated heterocycles. The standard InChI is InChI=1S/C17H25ClN2O3/c1-17(2,3)12-8-11-9-14(23-7-5-6-22-4)16(18)19-15(11)13(10-12)20-21/h9,12,21H,5-8,10H2,1-4H3. The summed E-state index contributed by atoms with van der Waals surface area (Å²) in [6.07, 6.45) is 2.36. The average molecular weight is 341 g/mol. The largest absolute Gasteiger partial charge is 0.490 e. The van der Waals surface area contributed by atoms with Crippen molar-refractivity contribution in [2.24, 2.45) is 16.5 Å². The lowest BCUT2D eigenvalue weighted by atomic mass is 9.71. The van der Waals surface area contributed by atoms with Crippen LogP contribution in [-0.4, -0.2) is 36.2 Å². The van der Waals surface area contributed by atoms with Crippen LogP contribution in [0.5, 0.6) is 5.75 Å². The Hall–Kier alpha value is -1.33. The van der Waals surface area contributed by atoms with E-state index in [2.05, 4.69) is 30.9 Å². The Morgan fingerprint density at radius 2 is 2.09 bits per heavy atom. The molecule has 0 aromatic carbocycles. The van der Waals surface area contributed by atoms with Crippen LogP contribution < -0.4 is 4.74 Å². The molecule has 1 aliphatic carbocycles. The monoisotopic (exact) mass is 340 g/mol. The molecule has 1 aliphatic rings. The van der Waals surface area contributed by atoms with E-state index in [1.807, 2.05) is 6.07 Å². The number of ether oxygens (including phenoxy) is 2. The summed E-state index contributed by atoms with van der Waals surface area (Å²) in [6, 6.07) is 1.93. The maximum Gasteiger partial charge on any atom is 0.171 e. The van der Waals surface area contributed by atoms with Crippen LogP contribution in [0.25, 0.3) is 0 Å². The zero-order chi connectivity index (χ0) is 17.0. The van der Waals surface area contributed by atoms with Crippen LogP contribution in [0.2, 0.25) is 5.15 Å². The molecule has 1 atom stereocenters. The third-order valence-electron chi connectivity index (χ3n) is 4.30. The molecule has 0 amide bonds. The van der Waals surface area contributed by atoms with E-state index in [-0.39, 0.29) is 5.41 Å². The molecule has 1 N–H and O–H groups in total. The van der Waals surface area contributed by atoms with Gasteiger partial charge in [-0.3, -0.25) is 0 Å². The maximum atomic E-state index is 9.34. The fourth-order valence-electron chi connectivity index (χ4n) is 2.77. The van der Waals surface area contributed by atoms with Crippen molar-refractivity contribution < 1.29 is 14.7 Å². The van der Waals surface area contributed by atoms with Crippen molar-refractivity contribution in [1.82, 2.24) is 4.98 Å². The maximum absolute atomic E-state index is 9.34. The summed E-state index contributed by atoms with van der Waals surface area (Å²) in [6.45, 7) is 7.76. The number of halogens is 1. The molecule has 1 aromatic rings. The Morgan fingerprint density at radius 3 is 2.70 bits per heavy atom. The molecule has 0 bridgehead atoms. The summed E-state index contributed by atoms with van der Waals surface area (Å²) < 4.78 is 10.7. The van der Waals surface area contributed by atoms with Crippen LogP contribution in [0.4, 0.5) is 0 Å². The van der Waals surface area contributed by atoms with Crippen molar-refractivity contribution in [3.63, 3.8) is 0 Å². The molecule has 0 spiro atoms. The van der Waals surface area contributed by atoms with Crippen LogP contribution in [0.1, 0.15) is 44.9 Å². The van der Waals surface area contributed by atoms with Crippen molar-refractivity contribution in [3.05, 3.63) is 22.5 Å². The van der Waals surface area contributed by atoms with E-state index in [1.54, 1.807) is 7.11 Å². The highest BCUT2D eigenvalue weighted by Gasteiger charge is 2.33. The fraction of sp³-hybridized carbons (Fsp3) is 0.647. The van der Waals surface area contributed by atoms with Gasteiger partial charge in [0.25, 0.3) is 0 Å². The van der Waals surface area contributed by atoms with Crippen LogP contribution >= 0.6 is 11.6 Å². The summed E-state index contributed by atoms with van der Waals surface area (Å²) >= 11 is 6.22. The lowest BCUT2D eigenvalue weighted by molar-refractivity contribution is 0.172. The lowest BCUT2D eigenvalue weighted by Crippen LogP contribution is -2.31. The highest BCUT2D eigenvalue weighted by Crippen LogP contribution is 2.39. The van der Waals surface area contributed by atoms with Crippen molar-refractivity contribution in [2.45, 2.75) is 40.0 Å². The SMILES string of the molecule is COCCCOc1cc2c(nc1Cl)C(=NO)CC(C(C)(C)C)C2. The van der Waals surface area contributed by atoms with E-state index in [0.29, 0.717) is 47.9 Å². The van der Waals surface area contributed by atoms with Gasteiger partial charge in [0, 0.05) is 20.1 Å². The van der Waals surface area contributed by atoms with Crippen LogP contribution in [0, 0.1) is 11.3 Å². The van der Waals surface area contributed by atoms with Crippen LogP contribution in [-0.2, 0) is 11.2 Å². The molecule has 2 rings (SSSR count). The second kappa shape index (κ2) is 7.49. The molecule has 0 saturated carbocycles. The number of methoxy groups -OCH3 is 1. The second-order valence-corrected chi connectivity index (χ2v) is 7.36. The van der Waals surface area contributed by atoms with Crippen LogP contribution in [0.15, 0.2) is 11.2 Å². The molecule has 0 radical (unpaired) electrons. The van der Waals surface area contributed by atoms with E-state index in [0.717, 1.165) is 18.4 Å². The van der Waals surface area contributed by atoms with Crippen LogP contribution in [0.3, 0.4) is 0 Å². The second-order valence-electron chi connectivity index (χ2n) is 7.00. The van der Waals surface area contributed by atoms with Crippen molar-refractivity contribution in [1.29, 1.82) is 0 Å². The minimum absolute atomic E-state index is 0.118. The normalized spacial score (nSPS) is 19.7. The van der Waals surface area contributed by atoms with Gasteiger partial charge < -0.3 is 14.7 Å². The topological polar surface area (TPSA) is 63.9 Å². The molecule has 1 heterocycles. The molecule has 1 unspecified atom stereocenters. The number of aromatic nitrogens is 1. The third kappa shape index (κ3) is 4.36. The van der Waals surface area contributed by atoms with Crippen molar-refractivity contribution >= 4 is 17.3 Å². The summed E-state index contributed by atoms with van der Waals surface area (Å²) in [5.74, 6) is 0.957. The Bertz CT molecular complexity index is 582. The molecule has 0 fully saturated rings. The zero-order valence-corrected chi connectivity index (χ0v) is 15.0. The number of rotatable bonds is 5. The van der Waals surface area contributed by atoms with Gasteiger partial charge >= 0.3 is 0 Å². The first-order valence-corrected chi connectivity index (χ1v) is 8.27. The Kier molecular flexibility index (Phi) is 5.87. The lowest BCUT2D eigenvalue weighted by Gasteiger charge is -2.34. The van der Waals surface area contributed by atoms with Gasteiger partial charge in [0.05, 0.1) is 12.3 Å². The molecular weight excluding hydrogens is 316 g/mol. The van der Waals surface area contributed by atoms with Crippen molar-refractivity contribution in [2.75, 3.05) is 20.3 Å². The minimum atomic E-state index is 0.118. The summed E-state index contributed by atoms with van der Waals surface area (Å²) in [4.78, 5) is 4.40. The van der Waals surface area contributed by atoms with Gasteiger partial charge in [0.1, 0.15) is 5.71 Å². The van der Waals surface area contributed by atoms with Gasteiger partial charge in [-0.2, -0.15) is 0 Å². The predicted octanol–water partition coefficient (Wildman–Crippen LogP) is 3.94. The number of fused-ring (bicyclic) bond motifs is 1. The first kappa shape index (κ1) is 18.0. The number of hydrogen-bond donors (Lipinski definition) is 1. The van der Waals surface area contributed by atoms with Gasteiger partial charge in [-0.15, -0.1) is 0 Å². The van der Waals surface area contributed by atoms with Gasteiger partial charge in [-0.05, 0) is 35.8 Å². The Balaban J connectivity index is 2.26. The molecule has 0 aliphatic heterocycles. The Labute approximate surface area is 142 Å². The molecule has 5 nitrogen and oxygen atoms in total.